The van der Waals surface area contributed by atoms with Crippen LogP contribution in [0, 0.1) is 0 Å². The number of anilines is 1. The first-order chi connectivity index (χ1) is 14.6. The molecule has 1 atom stereocenters. The summed E-state index contributed by atoms with van der Waals surface area (Å²) in [5.74, 6) is 3.30. The second kappa shape index (κ2) is 9.76. The number of aliphatic imine (C=N–C) groups is 1. The van der Waals surface area contributed by atoms with Crippen LogP contribution in [0.3, 0.4) is 0 Å². The standard InChI is InChI=1S/C21H34N8S/c1-4-22-20(23-10-9-17-14-30-21(25-17)28-11-5-6-12-28)24-16-7-8-18-26-19(15(2)3)27-29(18)13-16/h14-16H,4-13H2,1-3H3,(H2,22,23,24). The molecule has 30 heavy (non-hydrogen) atoms. The Labute approximate surface area is 183 Å². The number of aromatic nitrogens is 4. The van der Waals surface area contributed by atoms with Crippen LogP contribution in [0.2, 0.25) is 0 Å². The van der Waals surface area contributed by atoms with E-state index in [1.165, 1.54) is 18.0 Å². The molecule has 0 radical (unpaired) electrons. The van der Waals surface area contributed by atoms with Crippen LogP contribution >= 0.6 is 11.3 Å². The summed E-state index contributed by atoms with van der Waals surface area (Å²) in [5.41, 5.74) is 1.15. The van der Waals surface area contributed by atoms with Gasteiger partial charge in [-0.15, -0.1) is 11.3 Å². The summed E-state index contributed by atoms with van der Waals surface area (Å²) >= 11 is 1.76. The van der Waals surface area contributed by atoms with Crippen LogP contribution in [0.4, 0.5) is 5.13 Å². The quantitative estimate of drug-likeness (QED) is 0.519. The molecule has 2 aliphatic rings. The highest BCUT2D eigenvalue weighted by molar-refractivity contribution is 7.13. The highest BCUT2D eigenvalue weighted by Gasteiger charge is 2.23. The Morgan fingerprint density at radius 3 is 2.90 bits per heavy atom. The number of guanidine groups is 1. The zero-order chi connectivity index (χ0) is 20.9. The molecule has 1 fully saturated rings. The zero-order valence-electron chi connectivity index (χ0n) is 18.4. The van der Waals surface area contributed by atoms with Gasteiger partial charge in [0.2, 0.25) is 0 Å². The van der Waals surface area contributed by atoms with Gasteiger partial charge in [0, 0.05) is 56.4 Å². The largest absolute Gasteiger partial charge is 0.357 e. The average Bonchev–Trinajstić information content (AvgIpc) is 3.47. The molecule has 2 aliphatic heterocycles. The van der Waals surface area contributed by atoms with E-state index >= 15 is 0 Å². The molecule has 9 heteroatoms. The monoisotopic (exact) mass is 430 g/mol. The van der Waals surface area contributed by atoms with Crippen molar-refractivity contribution in [3.05, 3.63) is 22.7 Å². The van der Waals surface area contributed by atoms with Crippen LogP contribution in [-0.2, 0) is 19.4 Å². The smallest absolute Gasteiger partial charge is 0.191 e. The van der Waals surface area contributed by atoms with Crippen molar-refractivity contribution in [2.45, 2.75) is 71.4 Å². The lowest BCUT2D eigenvalue weighted by molar-refractivity contribution is 0.391. The molecule has 0 aliphatic carbocycles. The minimum absolute atomic E-state index is 0.318. The highest BCUT2D eigenvalue weighted by atomic mass is 32.1. The topological polar surface area (TPSA) is 83.3 Å². The van der Waals surface area contributed by atoms with E-state index in [4.69, 9.17) is 9.98 Å². The molecule has 1 saturated heterocycles. The SMILES string of the molecule is CCNC(=NCCc1csc(N2CCCC2)n1)NC1CCc2nc(C(C)C)nn2C1. The molecule has 0 aromatic carbocycles. The maximum absolute atomic E-state index is 4.81. The van der Waals surface area contributed by atoms with Crippen molar-refractivity contribution < 1.29 is 0 Å². The van der Waals surface area contributed by atoms with Crippen molar-refractivity contribution in [2.75, 3.05) is 31.1 Å². The van der Waals surface area contributed by atoms with Gasteiger partial charge in [-0.05, 0) is 26.2 Å². The zero-order valence-corrected chi connectivity index (χ0v) is 19.2. The minimum atomic E-state index is 0.318. The molecule has 4 heterocycles. The summed E-state index contributed by atoms with van der Waals surface area (Å²) in [6.07, 6.45) is 5.44. The number of thiazole rings is 1. The van der Waals surface area contributed by atoms with Gasteiger partial charge in [0.15, 0.2) is 16.9 Å². The van der Waals surface area contributed by atoms with Gasteiger partial charge in [-0.2, -0.15) is 5.10 Å². The second-order valence-corrected chi connectivity index (χ2v) is 9.27. The minimum Gasteiger partial charge on any atom is -0.357 e. The van der Waals surface area contributed by atoms with Crippen molar-refractivity contribution in [1.29, 1.82) is 0 Å². The first-order valence-corrected chi connectivity index (χ1v) is 12.2. The number of nitrogens with zero attached hydrogens (tertiary/aromatic N) is 6. The first-order valence-electron chi connectivity index (χ1n) is 11.3. The maximum Gasteiger partial charge on any atom is 0.191 e. The fourth-order valence-electron chi connectivity index (χ4n) is 3.95. The van der Waals surface area contributed by atoms with E-state index in [-0.39, 0.29) is 0 Å². The van der Waals surface area contributed by atoms with E-state index in [2.05, 4.69) is 56.4 Å². The van der Waals surface area contributed by atoms with Gasteiger partial charge in [0.1, 0.15) is 5.82 Å². The van der Waals surface area contributed by atoms with Gasteiger partial charge >= 0.3 is 0 Å². The number of nitrogens with one attached hydrogen (secondary N) is 2. The van der Waals surface area contributed by atoms with Crippen LogP contribution in [0.5, 0.6) is 0 Å². The van der Waals surface area contributed by atoms with E-state index in [1.807, 2.05) is 0 Å². The Balaban J connectivity index is 1.31. The Morgan fingerprint density at radius 1 is 1.30 bits per heavy atom. The van der Waals surface area contributed by atoms with Gasteiger partial charge in [-0.1, -0.05) is 13.8 Å². The summed E-state index contributed by atoms with van der Waals surface area (Å²) in [5, 5.41) is 15.0. The van der Waals surface area contributed by atoms with Crippen molar-refractivity contribution in [1.82, 2.24) is 30.4 Å². The average molecular weight is 431 g/mol. The molecule has 0 saturated carbocycles. The summed E-state index contributed by atoms with van der Waals surface area (Å²) in [6, 6.07) is 0.318. The van der Waals surface area contributed by atoms with Crippen LogP contribution in [-0.4, -0.2) is 57.9 Å². The fraction of sp³-hybridized carbons (Fsp3) is 0.714. The third-order valence-electron chi connectivity index (χ3n) is 5.63. The van der Waals surface area contributed by atoms with Crippen molar-refractivity contribution in [3.63, 3.8) is 0 Å². The number of fused-ring (bicyclic) bond motifs is 1. The van der Waals surface area contributed by atoms with Gasteiger partial charge in [-0.3, -0.25) is 4.99 Å². The number of rotatable bonds is 7. The molecule has 0 amide bonds. The van der Waals surface area contributed by atoms with Crippen molar-refractivity contribution in [3.8, 4) is 0 Å². The van der Waals surface area contributed by atoms with Crippen LogP contribution < -0.4 is 15.5 Å². The van der Waals surface area contributed by atoms with Gasteiger partial charge < -0.3 is 15.5 Å². The molecule has 1 unspecified atom stereocenters. The lowest BCUT2D eigenvalue weighted by Gasteiger charge is -2.25. The first kappa shape index (κ1) is 21.1. The molecule has 2 N–H and O–H groups in total. The molecule has 2 aromatic heterocycles. The molecule has 0 bridgehead atoms. The van der Waals surface area contributed by atoms with Gasteiger partial charge in [0.05, 0.1) is 12.2 Å². The normalized spacial score (nSPS) is 19.4. The van der Waals surface area contributed by atoms with Gasteiger partial charge in [0.25, 0.3) is 0 Å². The third-order valence-corrected chi connectivity index (χ3v) is 6.58. The Morgan fingerprint density at radius 2 is 2.13 bits per heavy atom. The number of aryl methyl sites for hydroxylation is 1. The second-order valence-electron chi connectivity index (χ2n) is 8.43. The Hall–Kier alpha value is -2.16. The van der Waals surface area contributed by atoms with E-state index in [0.29, 0.717) is 12.0 Å². The lowest BCUT2D eigenvalue weighted by atomic mass is 10.1. The van der Waals surface area contributed by atoms with Crippen LogP contribution in [0.15, 0.2) is 10.4 Å². The summed E-state index contributed by atoms with van der Waals surface area (Å²) in [6.45, 7) is 11.1. The van der Waals surface area contributed by atoms with Crippen molar-refractivity contribution in [2.24, 2.45) is 4.99 Å². The molecule has 0 spiro atoms. The molecular weight excluding hydrogens is 396 g/mol. The Kier molecular flexibility index (Phi) is 6.86. The van der Waals surface area contributed by atoms with E-state index < -0.39 is 0 Å². The molecule has 8 nitrogen and oxygen atoms in total. The van der Waals surface area contributed by atoms with E-state index in [9.17, 15) is 0 Å². The maximum atomic E-state index is 4.81. The van der Waals surface area contributed by atoms with Crippen LogP contribution in [0.25, 0.3) is 0 Å². The predicted molar refractivity (Wildman–Crippen MR) is 123 cm³/mol. The Bertz CT molecular complexity index is 849. The fourth-order valence-corrected chi connectivity index (χ4v) is 4.86. The van der Waals surface area contributed by atoms with Gasteiger partial charge in [-0.25, -0.2) is 14.6 Å². The van der Waals surface area contributed by atoms with Crippen molar-refractivity contribution >= 4 is 22.4 Å². The number of hydrogen-bond acceptors (Lipinski definition) is 6. The highest BCUT2D eigenvalue weighted by Crippen LogP contribution is 2.24. The molecule has 2 aromatic rings. The number of hydrogen-bond donors (Lipinski definition) is 2. The summed E-state index contributed by atoms with van der Waals surface area (Å²) < 4.78 is 2.06. The summed E-state index contributed by atoms with van der Waals surface area (Å²) in [4.78, 5) is 16.7. The summed E-state index contributed by atoms with van der Waals surface area (Å²) in [7, 11) is 0. The molecule has 164 valence electrons. The molecule has 4 rings (SSSR count). The molecular formula is C21H34N8S. The van der Waals surface area contributed by atoms with E-state index in [1.54, 1.807) is 11.3 Å². The lowest BCUT2D eigenvalue weighted by Crippen LogP contribution is -2.47. The van der Waals surface area contributed by atoms with Crippen LogP contribution in [0.1, 0.15) is 63.3 Å². The predicted octanol–water partition coefficient (Wildman–Crippen LogP) is 2.57. The van der Waals surface area contributed by atoms with E-state index in [0.717, 1.165) is 75.3 Å². The third kappa shape index (κ3) is 5.11.